The molecule has 0 bridgehead atoms. The van der Waals surface area contributed by atoms with Crippen LogP contribution in [0, 0.1) is 6.92 Å². The summed E-state index contributed by atoms with van der Waals surface area (Å²) >= 11 is 5.99. The van der Waals surface area contributed by atoms with Gasteiger partial charge in [0.05, 0.1) is 0 Å². The number of hydrogen-bond acceptors (Lipinski definition) is 2. The largest absolute Gasteiger partial charge is 0.326 e. The van der Waals surface area contributed by atoms with Crippen LogP contribution >= 0.6 is 11.6 Å². The van der Waals surface area contributed by atoms with Crippen molar-refractivity contribution in [2.45, 2.75) is 19.8 Å². The van der Waals surface area contributed by atoms with Crippen molar-refractivity contribution in [2.24, 2.45) is 4.99 Å². The molecule has 0 fully saturated rings. The van der Waals surface area contributed by atoms with Gasteiger partial charge in [0.1, 0.15) is 5.84 Å². The zero-order chi connectivity index (χ0) is 12.3. The van der Waals surface area contributed by atoms with E-state index in [1.807, 2.05) is 18.2 Å². The van der Waals surface area contributed by atoms with Crippen LogP contribution in [0.15, 0.2) is 35.8 Å². The molecular formula is C14H17ClN2. The minimum Gasteiger partial charge on any atom is -0.326 e. The number of amidine groups is 1. The lowest BCUT2D eigenvalue weighted by Gasteiger charge is -2.25. The van der Waals surface area contributed by atoms with Crippen LogP contribution in [-0.4, -0.2) is 18.9 Å². The normalized spacial score (nSPS) is 14.6. The molecule has 0 aromatic heterocycles. The van der Waals surface area contributed by atoms with Gasteiger partial charge in [-0.25, -0.2) is 0 Å². The van der Waals surface area contributed by atoms with E-state index in [-0.39, 0.29) is 0 Å². The van der Waals surface area contributed by atoms with Gasteiger partial charge >= 0.3 is 0 Å². The summed E-state index contributed by atoms with van der Waals surface area (Å²) in [7, 11) is 0. The van der Waals surface area contributed by atoms with Crippen LogP contribution in [0.2, 0.25) is 5.02 Å². The molecule has 0 amide bonds. The number of rotatable bonds is 3. The summed E-state index contributed by atoms with van der Waals surface area (Å²) in [6, 6.07) is 5.97. The van der Waals surface area contributed by atoms with Crippen molar-refractivity contribution in [3.8, 4) is 0 Å². The van der Waals surface area contributed by atoms with Crippen LogP contribution in [0.1, 0.15) is 18.4 Å². The molecule has 17 heavy (non-hydrogen) atoms. The van der Waals surface area contributed by atoms with Gasteiger partial charge in [-0.15, -0.1) is 6.58 Å². The van der Waals surface area contributed by atoms with E-state index in [9.17, 15) is 0 Å². The molecule has 90 valence electrons. The molecule has 0 saturated carbocycles. The fourth-order valence-corrected chi connectivity index (χ4v) is 2.36. The van der Waals surface area contributed by atoms with Gasteiger partial charge in [0.25, 0.3) is 0 Å². The zero-order valence-corrected chi connectivity index (χ0v) is 10.9. The first-order valence-corrected chi connectivity index (χ1v) is 6.28. The summed E-state index contributed by atoms with van der Waals surface area (Å²) in [4.78, 5) is 6.78. The van der Waals surface area contributed by atoms with Crippen LogP contribution < -0.4 is 4.90 Å². The summed E-state index contributed by atoms with van der Waals surface area (Å²) in [5.41, 5.74) is 2.35. The Labute approximate surface area is 108 Å². The predicted octanol–water partition coefficient (Wildman–Crippen LogP) is 3.83. The summed E-state index contributed by atoms with van der Waals surface area (Å²) in [5, 5.41) is 0.776. The first-order chi connectivity index (χ1) is 8.22. The molecule has 0 unspecified atom stereocenters. The molecule has 1 heterocycles. The molecule has 1 aliphatic heterocycles. The minimum atomic E-state index is 0.776. The first-order valence-electron chi connectivity index (χ1n) is 5.90. The Balaban J connectivity index is 2.34. The second kappa shape index (κ2) is 5.37. The van der Waals surface area contributed by atoms with E-state index in [4.69, 9.17) is 11.6 Å². The van der Waals surface area contributed by atoms with Gasteiger partial charge in [-0.2, -0.15) is 0 Å². The van der Waals surface area contributed by atoms with Crippen LogP contribution in [0.25, 0.3) is 0 Å². The average molecular weight is 249 g/mol. The van der Waals surface area contributed by atoms with Gasteiger partial charge in [0.2, 0.25) is 0 Å². The second-order valence-electron chi connectivity index (χ2n) is 4.23. The maximum Gasteiger partial charge on any atom is 0.104 e. The summed E-state index contributed by atoms with van der Waals surface area (Å²) in [6.07, 6.45) is 4.11. The maximum atomic E-state index is 5.99. The van der Waals surface area contributed by atoms with E-state index in [0.29, 0.717) is 0 Å². The third kappa shape index (κ3) is 2.70. The van der Waals surface area contributed by atoms with Gasteiger partial charge in [0.15, 0.2) is 0 Å². The van der Waals surface area contributed by atoms with Crippen LogP contribution in [0.3, 0.4) is 0 Å². The standard InChI is InChI=1S/C14H17ClN2/c1-3-9-17(14-5-4-8-16-14)13-7-6-12(15)10-11(13)2/h3,6-7,10H,1,4-5,8-9H2,2H3. The van der Waals surface area contributed by atoms with Crippen molar-refractivity contribution >= 4 is 23.1 Å². The highest BCUT2D eigenvalue weighted by Crippen LogP contribution is 2.25. The van der Waals surface area contributed by atoms with E-state index < -0.39 is 0 Å². The van der Waals surface area contributed by atoms with Gasteiger partial charge in [-0.3, -0.25) is 4.99 Å². The summed E-state index contributed by atoms with van der Waals surface area (Å²) in [6.45, 7) is 7.63. The van der Waals surface area contributed by atoms with E-state index in [1.54, 1.807) is 0 Å². The SMILES string of the molecule is C=CCN(C1=NCCC1)c1ccc(Cl)cc1C. The predicted molar refractivity (Wildman–Crippen MR) is 75.3 cm³/mol. The third-order valence-electron chi connectivity index (χ3n) is 2.93. The highest BCUT2D eigenvalue weighted by molar-refractivity contribution is 6.30. The van der Waals surface area contributed by atoms with Crippen molar-refractivity contribution in [2.75, 3.05) is 18.0 Å². The number of hydrogen-bond donors (Lipinski definition) is 0. The Kier molecular flexibility index (Phi) is 3.85. The Morgan fingerprint density at radius 1 is 1.53 bits per heavy atom. The summed E-state index contributed by atoms with van der Waals surface area (Å²) in [5.74, 6) is 1.16. The molecule has 3 heteroatoms. The second-order valence-corrected chi connectivity index (χ2v) is 4.67. The number of anilines is 1. The smallest absolute Gasteiger partial charge is 0.104 e. The molecule has 0 atom stereocenters. The Morgan fingerprint density at radius 2 is 2.35 bits per heavy atom. The van der Waals surface area contributed by atoms with Crippen molar-refractivity contribution in [1.29, 1.82) is 0 Å². The monoisotopic (exact) mass is 248 g/mol. The first kappa shape index (κ1) is 12.2. The third-order valence-corrected chi connectivity index (χ3v) is 3.16. The summed E-state index contributed by atoms with van der Waals surface area (Å²) < 4.78 is 0. The zero-order valence-electron chi connectivity index (χ0n) is 10.1. The van der Waals surface area contributed by atoms with Gasteiger partial charge < -0.3 is 4.90 Å². The fourth-order valence-electron chi connectivity index (χ4n) is 2.14. The van der Waals surface area contributed by atoms with Crippen LogP contribution in [0.5, 0.6) is 0 Å². The molecule has 0 spiro atoms. The van der Waals surface area contributed by atoms with Crippen molar-refractivity contribution in [1.82, 2.24) is 0 Å². The van der Waals surface area contributed by atoms with Gasteiger partial charge in [-0.1, -0.05) is 17.7 Å². The molecule has 2 rings (SSSR count). The lowest BCUT2D eigenvalue weighted by atomic mass is 10.1. The number of halogens is 1. The topological polar surface area (TPSA) is 15.6 Å². The number of benzene rings is 1. The molecule has 2 nitrogen and oxygen atoms in total. The molecule has 1 aromatic carbocycles. The van der Waals surface area contributed by atoms with Crippen LogP contribution in [0.4, 0.5) is 5.69 Å². The molecule has 0 radical (unpaired) electrons. The molecular weight excluding hydrogens is 232 g/mol. The Bertz CT molecular complexity index is 452. The van der Waals surface area contributed by atoms with E-state index in [0.717, 1.165) is 36.8 Å². The van der Waals surface area contributed by atoms with Gasteiger partial charge in [0, 0.05) is 30.2 Å². The van der Waals surface area contributed by atoms with E-state index in [1.165, 1.54) is 11.3 Å². The lowest BCUT2D eigenvalue weighted by Crippen LogP contribution is -2.30. The average Bonchev–Trinajstić information content (AvgIpc) is 2.80. The highest BCUT2D eigenvalue weighted by Gasteiger charge is 2.17. The van der Waals surface area contributed by atoms with E-state index in [2.05, 4.69) is 29.5 Å². The van der Waals surface area contributed by atoms with Crippen LogP contribution in [-0.2, 0) is 0 Å². The minimum absolute atomic E-state index is 0.776. The van der Waals surface area contributed by atoms with Gasteiger partial charge in [-0.05, 0) is 37.1 Å². The molecule has 0 aliphatic carbocycles. The fraction of sp³-hybridized carbons (Fsp3) is 0.357. The molecule has 1 aliphatic rings. The quantitative estimate of drug-likeness (QED) is 0.743. The van der Waals surface area contributed by atoms with E-state index >= 15 is 0 Å². The Morgan fingerprint density at radius 3 is 2.94 bits per heavy atom. The number of aryl methyl sites for hydroxylation is 1. The highest BCUT2D eigenvalue weighted by atomic mass is 35.5. The maximum absolute atomic E-state index is 5.99. The molecule has 0 saturated heterocycles. The molecule has 0 N–H and O–H groups in total. The molecule has 1 aromatic rings. The Hall–Kier alpha value is -1.28. The van der Waals surface area contributed by atoms with Crippen molar-refractivity contribution in [3.63, 3.8) is 0 Å². The number of aliphatic imine (C=N–C) groups is 1. The van der Waals surface area contributed by atoms with Crippen molar-refractivity contribution < 1.29 is 0 Å². The lowest BCUT2D eigenvalue weighted by molar-refractivity contribution is 0.946. The van der Waals surface area contributed by atoms with Crippen molar-refractivity contribution in [3.05, 3.63) is 41.4 Å². The number of nitrogens with zero attached hydrogens (tertiary/aromatic N) is 2.